The van der Waals surface area contributed by atoms with Crippen LogP contribution >= 0.6 is 27.3 Å². The lowest BCUT2D eigenvalue weighted by atomic mass is 9.94. The molecule has 1 fully saturated rings. The van der Waals surface area contributed by atoms with E-state index in [1.54, 1.807) is 20.8 Å². The normalized spacial score (nSPS) is 13.7. The molecule has 1 N–H and O–H groups in total. The fourth-order valence-electron chi connectivity index (χ4n) is 4.93. The maximum atomic E-state index is 13.6. The van der Waals surface area contributed by atoms with E-state index >= 15 is 0 Å². The maximum absolute atomic E-state index is 13.6. The van der Waals surface area contributed by atoms with Gasteiger partial charge in [0.2, 0.25) is 0 Å². The summed E-state index contributed by atoms with van der Waals surface area (Å²) in [6, 6.07) is 17.5. The summed E-state index contributed by atoms with van der Waals surface area (Å²) in [5.41, 5.74) is 1.92. The highest BCUT2D eigenvalue weighted by molar-refractivity contribution is 9.10. The number of nitrogens with zero attached hydrogens (tertiary/aromatic N) is 1. The summed E-state index contributed by atoms with van der Waals surface area (Å²) in [6.07, 6.45) is 5.18. The molecule has 0 aliphatic heterocycles. The van der Waals surface area contributed by atoms with Gasteiger partial charge < -0.3 is 19.5 Å². The number of hydrogen-bond acceptors (Lipinski definition) is 7. The molecule has 1 aromatic heterocycles. The number of amides is 2. The Morgan fingerprint density at radius 2 is 1.74 bits per heavy atom. The van der Waals surface area contributed by atoms with E-state index < -0.39 is 17.5 Å². The van der Waals surface area contributed by atoms with Crippen LogP contribution in [0.2, 0.25) is 0 Å². The zero-order chi connectivity index (χ0) is 30.3. The molecule has 1 heterocycles. The molecule has 42 heavy (non-hydrogen) atoms. The smallest absolute Gasteiger partial charge is 0.351 e. The number of hydrogen-bond donors (Lipinski definition) is 1. The lowest BCUT2D eigenvalue weighted by Crippen LogP contribution is -2.47. The Labute approximate surface area is 259 Å². The molecule has 0 bridgehead atoms. The molecule has 0 saturated heterocycles. The molecule has 10 heteroatoms. The Morgan fingerprint density at radius 3 is 2.40 bits per heavy atom. The number of benzene rings is 2. The van der Waals surface area contributed by atoms with Crippen molar-refractivity contribution in [3.63, 3.8) is 0 Å². The predicted octanol–water partition coefficient (Wildman–Crippen LogP) is 7.73. The number of carbonyl (C=O) groups excluding carboxylic acids is 3. The second kappa shape index (κ2) is 14.2. The number of urea groups is 1. The largest absolute Gasteiger partial charge is 0.479 e. The van der Waals surface area contributed by atoms with E-state index in [9.17, 15) is 14.4 Å². The van der Waals surface area contributed by atoms with Gasteiger partial charge in [0.1, 0.15) is 5.60 Å². The topological polar surface area (TPSA) is 94.2 Å². The zero-order valence-electron chi connectivity index (χ0n) is 24.4. The second-order valence-corrected chi connectivity index (χ2v) is 12.9. The molecule has 2 amide bonds. The van der Waals surface area contributed by atoms with E-state index in [-0.39, 0.29) is 29.3 Å². The van der Waals surface area contributed by atoms with Crippen molar-refractivity contribution in [2.24, 2.45) is 0 Å². The number of ether oxygens (including phenoxy) is 3. The van der Waals surface area contributed by atoms with Crippen LogP contribution in [-0.2, 0) is 20.8 Å². The van der Waals surface area contributed by atoms with Crippen LogP contribution < -0.4 is 15.0 Å². The molecule has 4 rings (SSSR count). The van der Waals surface area contributed by atoms with Gasteiger partial charge in [-0.3, -0.25) is 4.90 Å². The first kappa shape index (κ1) is 31.6. The van der Waals surface area contributed by atoms with Crippen molar-refractivity contribution in [1.29, 1.82) is 0 Å². The van der Waals surface area contributed by atoms with Crippen LogP contribution in [0.3, 0.4) is 0 Å². The van der Waals surface area contributed by atoms with Crippen LogP contribution in [0.4, 0.5) is 10.5 Å². The van der Waals surface area contributed by atoms with Gasteiger partial charge in [0.25, 0.3) is 0 Å². The molecule has 3 aromatic rings. The van der Waals surface area contributed by atoms with Crippen LogP contribution in [0.15, 0.2) is 59.1 Å². The van der Waals surface area contributed by atoms with E-state index in [2.05, 4.69) is 21.2 Å². The van der Waals surface area contributed by atoms with Gasteiger partial charge in [-0.05, 0) is 72.8 Å². The molecule has 1 aliphatic carbocycles. The summed E-state index contributed by atoms with van der Waals surface area (Å²) in [4.78, 5) is 41.5. The SMILES string of the molecule is COC(=O)c1sc(-c2cccc(N(C(=O)NCc3ccccc3)C3CCCCC3)c2)c(Br)c1OCC(=O)OC(C)(C)C. The summed E-state index contributed by atoms with van der Waals surface area (Å²) in [6.45, 7) is 5.38. The number of anilines is 1. The van der Waals surface area contributed by atoms with Crippen LogP contribution in [0, 0.1) is 0 Å². The third-order valence-corrected chi connectivity index (χ3v) is 8.99. The Balaban J connectivity index is 1.64. The maximum Gasteiger partial charge on any atom is 0.351 e. The molecule has 224 valence electrons. The quantitative estimate of drug-likeness (QED) is 0.237. The van der Waals surface area contributed by atoms with E-state index in [0.29, 0.717) is 15.9 Å². The molecule has 0 spiro atoms. The number of nitrogens with one attached hydrogen (secondary N) is 1. The van der Waals surface area contributed by atoms with Gasteiger partial charge in [0, 0.05) is 18.3 Å². The molecular weight excluding hydrogens is 620 g/mol. The summed E-state index contributed by atoms with van der Waals surface area (Å²) >= 11 is 4.79. The van der Waals surface area contributed by atoms with Crippen LogP contribution in [0.5, 0.6) is 5.75 Å². The number of halogens is 1. The number of esters is 2. The van der Waals surface area contributed by atoms with E-state index in [1.807, 2.05) is 59.5 Å². The van der Waals surface area contributed by atoms with Crippen molar-refractivity contribution in [3.05, 3.63) is 69.5 Å². The minimum atomic E-state index is -0.666. The van der Waals surface area contributed by atoms with Crippen molar-refractivity contribution in [3.8, 4) is 16.2 Å². The standard InChI is InChI=1S/C32H37BrN2O6S/c1-32(2,3)41-25(36)20-40-27-26(33)28(42-29(27)30(37)39-4)22-14-11-17-24(18-22)35(23-15-9-6-10-16-23)31(38)34-19-21-12-7-5-8-13-21/h5,7-8,11-14,17-18,23H,6,9-10,15-16,19-20H2,1-4H3,(H,34,38). The van der Waals surface area contributed by atoms with Gasteiger partial charge in [0.05, 0.1) is 16.5 Å². The Morgan fingerprint density at radius 1 is 1.02 bits per heavy atom. The first-order valence-electron chi connectivity index (χ1n) is 14.0. The molecule has 2 aromatic carbocycles. The lowest BCUT2D eigenvalue weighted by molar-refractivity contribution is -0.157. The van der Waals surface area contributed by atoms with Gasteiger partial charge in [-0.15, -0.1) is 11.3 Å². The molecule has 1 aliphatic rings. The van der Waals surface area contributed by atoms with Crippen LogP contribution in [0.25, 0.3) is 10.4 Å². The second-order valence-electron chi connectivity index (χ2n) is 11.1. The Kier molecular flexibility index (Phi) is 10.7. The highest BCUT2D eigenvalue weighted by atomic mass is 79.9. The number of carbonyl (C=O) groups is 3. The van der Waals surface area contributed by atoms with Crippen molar-refractivity contribution >= 4 is 50.9 Å². The van der Waals surface area contributed by atoms with Gasteiger partial charge in [-0.25, -0.2) is 14.4 Å². The van der Waals surface area contributed by atoms with Gasteiger partial charge in [-0.2, -0.15) is 0 Å². The molecule has 0 unspecified atom stereocenters. The number of methoxy groups -OCH3 is 1. The average molecular weight is 658 g/mol. The van der Waals surface area contributed by atoms with Crippen LogP contribution in [0.1, 0.15) is 68.1 Å². The van der Waals surface area contributed by atoms with Crippen LogP contribution in [-0.4, -0.2) is 43.3 Å². The fraction of sp³-hybridized carbons (Fsp3) is 0.406. The van der Waals surface area contributed by atoms with E-state index in [4.69, 9.17) is 14.2 Å². The van der Waals surface area contributed by atoms with Gasteiger partial charge >= 0.3 is 18.0 Å². The molecular formula is C32H37BrN2O6S. The number of rotatable bonds is 9. The average Bonchev–Trinajstić information content (AvgIpc) is 3.31. The van der Waals surface area contributed by atoms with Gasteiger partial charge in [0.15, 0.2) is 17.2 Å². The Hall–Kier alpha value is -3.37. The Bertz CT molecular complexity index is 1400. The van der Waals surface area contributed by atoms with Crippen molar-refractivity contribution in [1.82, 2.24) is 5.32 Å². The van der Waals surface area contributed by atoms with Gasteiger partial charge in [-0.1, -0.05) is 61.7 Å². The number of thiophene rings is 1. The minimum absolute atomic E-state index is 0.0786. The molecule has 0 radical (unpaired) electrons. The van der Waals surface area contributed by atoms with E-state index in [0.717, 1.165) is 42.5 Å². The predicted molar refractivity (Wildman–Crippen MR) is 168 cm³/mol. The summed E-state index contributed by atoms with van der Waals surface area (Å²) in [5.74, 6) is -0.918. The lowest BCUT2D eigenvalue weighted by Gasteiger charge is -2.34. The summed E-state index contributed by atoms with van der Waals surface area (Å²) in [5, 5.41) is 3.10. The molecule has 8 nitrogen and oxygen atoms in total. The molecule has 0 atom stereocenters. The highest BCUT2D eigenvalue weighted by Crippen LogP contribution is 2.46. The highest BCUT2D eigenvalue weighted by Gasteiger charge is 2.29. The third-order valence-electron chi connectivity index (χ3n) is 6.77. The van der Waals surface area contributed by atoms with Crippen molar-refractivity contribution in [2.75, 3.05) is 18.6 Å². The first-order chi connectivity index (χ1) is 20.1. The first-order valence-corrected chi connectivity index (χ1v) is 15.6. The van der Waals surface area contributed by atoms with Crippen molar-refractivity contribution < 1.29 is 28.6 Å². The fourth-order valence-corrected chi connectivity index (χ4v) is 6.90. The minimum Gasteiger partial charge on any atom is -0.479 e. The monoisotopic (exact) mass is 656 g/mol. The summed E-state index contributed by atoms with van der Waals surface area (Å²) < 4.78 is 16.7. The third kappa shape index (κ3) is 8.13. The van der Waals surface area contributed by atoms with Crippen molar-refractivity contribution in [2.45, 2.75) is 71.1 Å². The van der Waals surface area contributed by atoms with E-state index in [1.165, 1.54) is 24.9 Å². The zero-order valence-corrected chi connectivity index (χ0v) is 26.8. The molecule has 1 saturated carbocycles. The summed E-state index contributed by atoms with van der Waals surface area (Å²) in [7, 11) is 1.30.